The van der Waals surface area contributed by atoms with Crippen LogP contribution in [0.2, 0.25) is 0 Å². The number of amides is 2. The Kier molecular flexibility index (Phi) is 7.68. The second-order valence-corrected chi connectivity index (χ2v) is 8.13. The Morgan fingerprint density at radius 2 is 2.09 bits per heavy atom. The zero-order valence-electron chi connectivity index (χ0n) is 17.6. The van der Waals surface area contributed by atoms with Crippen LogP contribution in [0.4, 0.5) is 9.80 Å². The highest BCUT2D eigenvalue weighted by atomic mass is 32.1. The van der Waals surface area contributed by atoms with Gasteiger partial charge in [-0.1, -0.05) is 18.2 Å². The Morgan fingerprint density at radius 1 is 1.31 bits per heavy atom. The SMILES string of the molecule is CCOc1ccccc1CCC(=O)Nc1sc2c(c1C#N)CCN(C(=O)OCC(=O)O)C2. The zero-order valence-corrected chi connectivity index (χ0v) is 18.4. The summed E-state index contributed by atoms with van der Waals surface area (Å²) in [6, 6.07) is 9.71. The molecule has 32 heavy (non-hydrogen) atoms. The maximum atomic E-state index is 12.6. The summed E-state index contributed by atoms with van der Waals surface area (Å²) in [5, 5.41) is 21.6. The van der Waals surface area contributed by atoms with Crippen LogP contribution in [0.5, 0.6) is 5.75 Å². The van der Waals surface area contributed by atoms with E-state index in [9.17, 15) is 19.6 Å². The number of nitrogens with zero attached hydrogens (tertiary/aromatic N) is 2. The van der Waals surface area contributed by atoms with Crippen molar-refractivity contribution in [1.29, 1.82) is 5.26 Å². The van der Waals surface area contributed by atoms with E-state index in [1.807, 2.05) is 31.2 Å². The monoisotopic (exact) mass is 457 g/mol. The molecule has 3 rings (SSSR count). The molecule has 0 radical (unpaired) electrons. The Bertz CT molecular complexity index is 1060. The smallest absolute Gasteiger partial charge is 0.410 e. The van der Waals surface area contributed by atoms with Gasteiger partial charge in [-0.3, -0.25) is 4.79 Å². The minimum atomic E-state index is -1.23. The van der Waals surface area contributed by atoms with E-state index in [2.05, 4.69) is 11.4 Å². The first-order valence-electron chi connectivity index (χ1n) is 10.1. The second kappa shape index (κ2) is 10.6. The Hall–Kier alpha value is -3.58. The molecule has 1 aromatic carbocycles. The van der Waals surface area contributed by atoms with Gasteiger partial charge in [0.1, 0.15) is 16.8 Å². The van der Waals surface area contributed by atoms with Crippen molar-refractivity contribution in [2.75, 3.05) is 25.1 Å². The van der Waals surface area contributed by atoms with Crippen molar-refractivity contribution in [3.8, 4) is 11.8 Å². The molecule has 1 aliphatic heterocycles. The van der Waals surface area contributed by atoms with Crippen LogP contribution < -0.4 is 10.1 Å². The topological polar surface area (TPSA) is 129 Å². The highest BCUT2D eigenvalue weighted by Crippen LogP contribution is 2.37. The summed E-state index contributed by atoms with van der Waals surface area (Å²) >= 11 is 1.25. The molecule has 168 valence electrons. The van der Waals surface area contributed by atoms with E-state index in [1.54, 1.807) is 0 Å². The third kappa shape index (κ3) is 5.56. The number of carboxylic acids is 1. The molecule has 0 unspecified atom stereocenters. The molecule has 9 nitrogen and oxygen atoms in total. The number of benzene rings is 1. The van der Waals surface area contributed by atoms with E-state index in [0.717, 1.165) is 21.8 Å². The van der Waals surface area contributed by atoms with Crippen LogP contribution in [0, 0.1) is 11.3 Å². The number of hydrogen-bond donors (Lipinski definition) is 2. The Morgan fingerprint density at radius 3 is 2.81 bits per heavy atom. The van der Waals surface area contributed by atoms with Crippen molar-refractivity contribution >= 4 is 34.3 Å². The van der Waals surface area contributed by atoms with E-state index in [0.29, 0.717) is 36.6 Å². The van der Waals surface area contributed by atoms with Crippen LogP contribution in [-0.2, 0) is 33.7 Å². The maximum Gasteiger partial charge on any atom is 0.410 e. The average Bonchev–Trinajstić information content (AvgIpc) is 3.12. The van der Waals surface area contributed by atoms with Crippen molar-refractivity contribution in [2.24, 2.45) is 0 Å². The molecule has 2 amide bonds. The van der Waals surface area contributed by atoms with Gasteiger partial charge in [0.25, 0.3) is 0 Å². The van der Waals surface area contributed by atoms with Crippen molar-refractivity contribution in [2.45, 2.75) is 32.7 Å². The van der Waals surface area contributed by atoms with Gasteiger partial charge >= 0.3 is 12.1 Å². The van der Waals surface area contributed by atoms with Gasteiger partial charge in [0.15, 0.2) is 6.61 Å². The normalized spacial score (nSPS) is 12.4. The number of para-hydroxylation sites is 1. The number of carboxylic acid groups (broad SMARTS) is 1. The van der Waals surface area contributed by atoms with Crippen LogP contribution in [0.3, 0.4) is 0 Å². The van der Waals surface area contributed by atoms with Gasteiger partial charge in [-0.2, -0.15) is 5.26 Å². The average molecular weight is 458 g/mol. The molecule has 0 atom stereocenters. The fraction of sp³-hybridized carbons (Fsp3) is 0.364. The van der Waals surface area contributed by atoms with Crippen LogP contribution in [0.15, 0.2) is 24.3 Å². The van der Waals surface area contributed by atoms with E-state index in [1.165, 1.54) is 16.2 Å². The molecule has 2 aromatic rings. The standard InChI is InChI=1S/C22H23N3O6S/c1-2-30-17-6-4-3-5-14(17)7-8-19(26)24-21-16(11-23)15-9-10-25(12-18(15)32-21)22(29)31-13-20(27)28/h3-6H,2,7-10,12-13H2,1H3,(H,24,26)(H,27,28). The lowest BCUT2D eigenvalue weighted by molar-refractivity contribution is -0.140. The minimum Gasteiger partial charge on any atom is -0.494 e. The van der Waals surface area contributed by atoms with Gasteiger partial charge < -0.3 is 24.8 Å². The third-order valence-corrected chi connectivity index (χ3v) is 6.03. The van der Waals surface area contributed by atoms with E-state index in [4.69, 9.17) is 14.6 Å². The lowest BCUT2D eigenvalue weighted by Gasteiger charge is -2.25. The highest BCUT2D eigenvalue weighted by molar-refractivity contribution is 7.16. The van der Waals surface area contributed by atoms with Gasteiger partial charge in [0, 0.05) is 17.8 Å². The minimum absolute atomic E-state index is 0.199. The molecule has 2 heterocycles. The number of nitriles is 1. The largest absolute Gasteiger partial charge is 0.494 e. The van der Waals surface area contributed by atoms with E-state index < -0.39 is 18.7 Å². The number of carbonyl (C=O) groups is 3. The van der Waals surface area contributed by atoms with Crippen LogP contribution in [0.1, 0.15) is 34.9 Å². The number of hydrogen-bond acceptors (Lipinski definition) is 7. The molecule has 1 aliphatic rings. The fourth-order valence-corrected chi connectivity index (χ4v) is 4.65. The molecular formula is C22H23N3O6S. The van der Waals surface area contributed by atoms with Gasteiger partial charge in [-0.25, -0.2) is 9.59 Å². The van der Waals surface area contributed by atoms with Crippen molar-refractivity contribution < 1.29 is 29.0 Å². The lowest BCUT2D eigenvalue weighted by Crippen LogP contribution is -2.36. The van der Waals surface area contributed by atoms with Gasteiger partial charge in [-0.15, -0.1) is 11.3 Å². The molecule has 0 bridgehead atoms. The number of anilines is 1. The van der Waals surface area contributed by atoms with Crippen molar-refractivity contribution in [3.05, 3.63) is 45.8 Å². The predicted octanol–water partition coefficient (Wildman–Crippen LogP) is 3.17. The van der Waals surface area contributed by atoms with Crippen LogP contribution in [0.25, 0.3) is 0 Å². The van der Waals surface area contributed by atoms with Gasteiger partial charge in [0.05, 0.1) is 18.7 Å². The summed E-state index contributed by atoms with van der Waals surface area (Å²) < 4.78 is 10.3. The first-order chi connectivity index (χ1) is 15.4. The lowest BCUT2D eigenvalue weighted by atomic mass is 10.0. The van der Waals surface area contributed by atoms with E-state index >= 15 is 0 Å². The summed E-state index contributed by atoms with van der Waals surface area (Å²) in [6.07, 6.45) is 0.432. The molecule has 0 saturated heterocycles. The number of ether oxygens (including phenoxy) is 2. The number of nitrogens with one attached hydrogen (secondary N) is 1. The van der Waals surface area contributed by atoms with Crippen molar-refractivity contribution in [3.63, 3.8) is 0 Å². The summed E-state index contributed by atoms with van der Waals surface area (Å²) in [4.78, 5) is 37.4. The van der Waals surface area contributed by atoms with E-state index in [-0.39, 0.29) is 18.9 Å². The quantitative estimate of drug-likeness (QED) is 0.623. The Labute approximate surface area is 189 Å². The molecule has 0 aliphatic carbocycles. The molecule has 0 spiro atoms. The number of thiophene rings is 1. The number of rotatable bonds is 8. The van der Waals surface area contributed by atoms with Gasteiger partial charge in [-0.05, 0) is 37.0 Å². The number of aliphatic carboxylic acids is 1. The van der Waals surface area contributed by atoms with Crippen molar-refractivity contribution in [1.82, 2.24) is 4.90 Å². The molecular weight excluding hydrogens is 434 g/mol. The summed E-state index contributed by atoms with van der Waals surface area (Å²) in [6.45, 7) is 2.24. The molecule has 2 N–H and O–H groups in total. The highest BCUT2D eigenvalue weighted by Gasteiger charge is 2.28. The van der Waals surface area contributed by atoms with Crippen LogP contribution >= 0.6 is 11.3 Å². The second-order valence-electron chi connectivity index (χ2n) is 7.03. The third-order valence-electron chi connectivity index (χ3n) is 4.89. The Balaban J connectivity index is 1.65. The first-order valence-corrected chi connectivity index (χ1v) is 10.9. The molecule has 10 heteroatoms. The van der Waals surface area contributed by atoms with Gasteiger partial charge in [0.2, 0.25) is 5.91 Å². The predicted molar refractivity (Wildman–Crippen MR) is 117 cm³/mol. The number of aryl methyl sites for hydroxylation is 1. The first kappa shape index (κ1) is 23.1. The maximum absolute atomic E-state index is 12.6. The number of carbonyl (C=O) groups excluding carboxylic acids is 2. The zero-order chi connectivity index (χ0) is 23.1. The summed E-state index contributed by atoms with van der Waals surface area (Å²) in [7, 11) is 0. The summed E-state index contributed by atoms with van der Waals surface area (Å²) in [5.41, 5.74) is 2.15. The molecule has 1 aromatic heterocycles. The number of fused-ring (bicyclic) bond motifs is 1. The fourth-order valence-electron chi connectivity index (χ4n) is 3.42. The molecule has 0 saturated carbocycles. The van der Waals surface area contributed by atoms with Crippen LogP contribution in [-0.4, -0.2) is 47.7 Å². The summed E-state index contributed by atoms with van der Waals surface area (Å²) in [5.74, 6) is -0.695. The molecule has 0 fully saturated rings.